The smallest absolute Gasteiger partial charge is 0.318 e. The highest BCUT2D eigenvalue weighted by atomic mass is 16.2. The lowest BCUT2D eigenvalue weighted by Crippen LogP contribution is -2.44. The summed E-state index contributed by atoms with van der Waals surface area (Å²) < 4.78 is 0. The molecule has 116 valence electrons. The molecule has 1 unspecified atom stereocenters. The number of benzene rings is 2. The topological polar surface area (TPSA) is 32.3 Å². The van der Waals surface area contributed by atoms with Crippen LogP contribution in [0.4, 0.5) is 4.79 Å². The number of carbonyl (C=O) groups is 1. The molecule has 0 aliphatic rings. The lowest BCUT2D eigenvalue weighted by Gasteiger charge is -2.29. The van der Waals surface area contributed by atoms with Gasteiger partial charge >= 0.3 is 6.03 Å². The first-order valence-corrected chi connectivity index (χ1v) is 7.83. The van der Waals surface area contributed by atoms with Gasteiger partial charge in [-0.1, -0.05) is 67.6 Å². The quantitative estimate of drug-likeness (QED) is 0.851. The Hall–Kier alpha value is -2.29. The Morgan fingerprint density at radius 3 is 2.09 bits per heavy atom. The average molecular weight is 296 g/mol. The lowest BCUT2D eigenvalue weighted by atomic mass is 10.1. The summed E-state index contributed by atoms with van der Waals surface area (Å²) in [6.45, 7) is 5.38. The highest BCUT2D eigenvalue weighted by Gasteiger charge is 2.18. The van der Waals surface area contributed by atoms with Gasteiger partial charge in [-0.05, 0) is 24.5 Å². The SMILES string of the molecule is CCC(C)N(Cc1ccccc1)C(=O)NCc1ccccc1. The monoisotopic (exact) mass is 296 g/mol. The maximum atomic E-state index is 12.5. The molecule has 2 aromatic rings. The van der Waals surface area contributed by atoms with E-state index in [1.807, 2.05) is 53.4 Å². The van der Waals surface area contributed by atoms with E-state index in [4.69, 9.17) is 0 Å². The lowest BCUT2D eigenvalue weighted by molar-refractivity contribution is 0.173. The van der Waals surface area contributed by atoms with E-state index in [1.165, 1.54) is 0 Å². The minimum Gasteiger partial charge on any atom is -0.334 e. The third-order valence-electron chi connectivity index (χ3n) is 3.87. The first-order valence-electron chi connectivity index (χ1n) is 7.83. The van der Waals surface area contributed by atoms with E-state index in [2.05, 4.69) is 31.3 Å². The van der Waals surface area contributed by atoms with Gasteiger partial charge in [0.25, 0.3) is 0 Å². The Morgan fingerprint density at radius 1 is 1.00 bits per heavy atom. The van der Waals surface area contributed by atoms with Crippen molar-refractivity contribution in [2.75, 3.05) is 0 Å². The van der Waals surface area contributed by atoms with E-state index in [0.29, 0.717) is 13.1 Å². The zero-order chi connectivity index (χ0) is 15.8. The molecule has 0 saturated carbocycles. The first kappa shape index (κ1) is 16.1. The van der Waals surface area contributed by atoms with Crippen LogP contribution in [0.3, 0.4) is 0 Å². The molecule has 22 heavy (non-hydrogen) atoms. The van der Waals surface area contributed by atoms with Gasteiger partial charge < -0.3 is 10.2 Å². The number of carbonyl (C=O) groups excluding carboxylic acids is 1. The molecule has 2 rings (SSSR count). The molecular weight excluding hydrogens is 272 g/mol. The van der Waals surface area contributed by atoms with Crippen LogP contribution in [0.25, 0.3) is 0 Å². The van der Waals surface area contributed by atoms with Gasteiger partial charge in [-0.15, -0.1) is 0 Å². The van der Waals surface area contributed by atoms with E-state index in [0.717, 1.165) is 17.5 Å². The number of rotatable bonds is 6. The van der Waals surface area contributed by atoms with Crippen LogP contribution in [0.2, 0.25) is 0 Å². The second-order valence-electron chi connectivity index (χ2n) is 5.52. The van der Waals surface area contributed by atoms with Gasteiger partial charge in [0, 0.05) is 19.1 Å². The van der Waals surface area contributed by atoms with E-state index in [9.17, 15) is 4.79 Å². The Balaban J connectivity index is 2.00. The predicted molar refractivity (Wildman–Crippen MR) is 90.4 cm³/mol. The van der Waals surface area contributed by atoms with Crippen LogP contribution >= 0.6 is 0 Å². The molecule has 0 radical (unpaired) electrons. The molecule has 0 bridgehead atoms. The minimum absolute atomic E-state index is 0.0120. The molecule has 2 amide bonds. The van der Waals surface area contributed by atoms with Crippen molar-refractivity contribution < 1.29 is 4.79 Å². The fraction of sp³-hybridized carbons (Fsp3) is 0.316. The molecule has 0 aliphatic carbocycles. The first-order chi connectivity index (χ1) is 10.7. The second kappa shape index (κ2) is 8.23. The number of nitrogens with zero attached hydrogens (tertiary/aromatic N) is 1. The molecule has 0 saturated heterocycles. The van der Waals surface area contributed by atoms with Gasteiger partial charge in [0.05, 0.1) is 0 Å². The van der Waals surface area contributed by atoms with Gasteiger partial charge in [-0.25, -0.2) is 4.79 Å². The molecule has 1 atom stereocenters. The molecule has 0 spiro atoms. The van der Waals surface area contributed by atoms with Crippen LogP contribution in [0.1, 0.15) is 31.4 Å². The second-order valence-corrected chi connectivity index (χ2v) is 5.52. The highest BCUT2D eigenvalue weighted by molar-refractivity contribution is 5.74. The van der Waals surface area contributed by atoms with E-state index < -0.39 is 0 Å². The molecule has 0 fully saturated rings. The summed E-state index contributed by atoms with van der Waals surface area (Å²) in [5.41, 5.74) is 2.26. The Bertz CT molecular complexity index is 569. The average Bonchev–Trinajstić information content (AvgIpc) is 2.58. The van der Waals surface area contributed by atoms with Gasteiger partial charge in [0.15, 0.2) is 0 Å². The normalized spacial score (nSPS) is 11.7. The maximum Gasteiger partial charge on any atom is 0.318 e. The Morgan fingerprint density at radius 2 is 1.55 bits per heavy atom. The minimum atomic E-state index is -0.0120. The van der Waals surface area contributed by atoms with Gasteiger partial charge in [0.2, 0.25) is 0 Å². The Kier molecular flexibility index (Phi) is 6.01. The van der Waals surface area contributed by atoms with Crippen molar-refractivity contribution in [2.45, 2.75) is 39.4 Å². The summed E-state index contributed by atoms with van der Waals surface area (Å²) in [7, 11) is 0. The van der Waals surface area contributed by atoms with Crippen molar-refractivity contribution in [3.63, 3.8) is 0 Å². The fourth-order valence-electron chi connectivity index (χ4n) is 2.30. The zero-order valence-electron chi connectivity index (χ0n) is 13.3. The summed E-state index contributed by atoms with van der Waals surface area (Å²) >= 11 is 0. The molecule has 0 heterocycles. The fourth-order valence-corrected chi connectivity index (χ4v) is 2.30. The summed E-state index contributed by atoms with van der Waals surface area (Å²) in [6, 6.07) is 20.3. The van der Waals surface area contributed by atoms with Crippen LogP contribution < -0.4 is 5.32 Å². The third-order valence-corrected chi connectivity index (χ3v) is 3.87. The van der Waals surface area contributed by atoms with Gasteiger partial charge in [-0.2, -0.15) is 0 Å². The van der Waals surface area contributed by atoms with Crippen LogP contribution in [-0.2, 0) is 13.1 Å². The zero-order valence-corrected chi connectivity index (χ0v) is 13.3. The van der Waals surface area contributed by atoms with Crippen molar-refractivity contribution in [3.8, 4) is 0 Å². The van der Waals surface area contributed by atoms with Crippen LogP contribution in [-0.4, -0.2) is 17.0 Å². The summed E-state index contributed by atoms with van der Waals surface area (Å²) in [4.78, 5) is 14.4. The molecule has 1 N–H and O–H groups in total. The van der Waals surface area contributed by atoms with Crippen LogP contribution in [0.5, 0.6) is 0 Å². The molecule has 2 aromatic carbocycles. The van der Waals surface area contributed by atoms with E-state index >= 15 is 0 Å². The van der Waals surface area contributed by atoms with Crippen LogP contribution in [0, 0.1) is 0 Å². The summed E-state index contributed by atoms with van der Waals surface area (Å²) in [5.74, 6) is 0. The Labute approximate surface area is 133 Å². The number of hydrogen-bond donors (Lipinski definition) is 1. The van der Waals surface area contributed by atoms with Crippen molar-refractivity contribution in [3.05, 3.63) is 71.8 Å². The van der Waals surface area contributed by atoms with Crippen molar-refractivity contribution in [2.24, 2.45) is 0 Å². The molecule has 3 heteroatoms. The molecular formula is C19H24N2O. The predicted octanol–water partition coefficient (Wildman–Crippen LogP) is 4.20. The van der Waals surface area contributed by atoms with Crippen LogP contribution in [0.15, 0.2) is 60.7 Å². The standard InChI is InChI=1S/C19H24N2O/c1-3-16(2)21(15-18-12-8-5-9-13-18)19(22)20-14-17-10-6-4-7-11-17/h4-13,16H,3,14-15H2,1-2H3,(H,20,22). The largest absolute Gasteiger partial charge is 0.334 e. The number of urea groups is 1. The highest BCUT2D eigenvalue weighted by Crippen LogP contribution is 2.11. The molecule has 3 nitrogen and oxygen atoms in total. The molecule has 0 aromatic heterocycles. The summed E-state index contributed by atoms with van der Waals surface area (Å²) in [6.07, 6.45) is 0.936. The van der Waals surface area contributed by atoms with Crippen molar-refractivity contribution >= 4 is 6.03 Å². The van der Waals surface area contributed by atoms with Gasteiger partial charge in [0.1, 0.15) is 0 Å². The number of hydrogen-bond acceptors (Lipinski definition) is 1. The van der Waals surface area contributed by atoms with Crippen molar-refractivity contribution in [1.29, 1.82) is 0 Å². The van der Waals surface area contributed by atoms with Crippen molar-refractivity contribution in [1.82, 2.24) is 10.2 Å². The number of amides is 2. The van der Waals surface area contributed by atoms with E-state index in [1.54, 1.807) is 0 Å². The molecule has 0 aliphatic heterocycles. The third kappa shape index (κ3) is 4.62. The van der Waals surface area contributed by atoms with Gasteiger partial charge in [-0.3, -0.25) is 0 Å². The maximum absolute atomic E-state index is 12.5. The number of nitrogens with one attached hydrogen (secondary N) is 1. The summed E-state index contributed by atoms with van der Waals surface area (Å²) in [5, 5.41) is 3.02. The van der Waals surface area contributed by atoms with E-state index in [-0.39, 0.29) is 12.1 Å².